The molecule has 0 bridgehead atoms. The number of likely N-dealkylation sites (tertiary alicyclic amines) is 1. The first-order valence-corrected chi connectivity index (χ1v) is 10.4. The zero-order valence-electron chi connectivity index (χ0n) is 16.0. The fraction of sp³-hybridized carbons (Fsp3) is 0.300. The van der Waals surface area contributed by atoms with E-state index in [0.717, 1.165) is 19.4 Å². The summed E-state index contributed by atoms with van der Waals surface area (Å²) < 4.78 is 1.49. The number of hydrogen-bond acceptors (Lipinski definition) is 5. The van der Waals surface area contributed by atoms with Gasteiger partial charge in [0.15, 0.2) is 0 Å². The van der Waals surface area contributed by atoms with Crippen molar-refractivity contribution in [2.24, 2.45) is 0 Å². The van der Waals surface area contributed by atoms with Crippen molar-refractivity contribution in [3.63, 3.8) is 0 Å². The number of amides is 3. The topological polar surface area (TPSA) is 92.2 Å². The summed E-state index contributed by atoms with van der Waals surface area (Å²) >= 11 is 1.65. The third-order valence-electron chi connectivity index (χ3n) is 5.06. The lowest BCUT2D eigenvalue weighted by Crippen LogP contribution is -2.34. The van der Waals surface area contributed by atoms with Crippen molar-refractivity contribution in [3.8, 4) is 0 Å². The third-order valence-corrected chi connectivity index (χ3v) is 5.76. The second-order valence-corrected chi connectivity index (χ2v) is 7.74. The fourth-order valence-corrected chi connectivity index (χ4v) is 4.14. The summed E-state index contributed by atoms with van der Waals surface area (Å²) in [5.41, 5.74) is 2.53. The van der Waals surface area contributed by atoms with Gasteiger partial charge in [0.2, 0.25) is 5.91 Å². The number of carbonyl (C=O) groups excluding carboxylic acids is 2. The second kappa shape index (κ2) is 8.44. The summed E-state index contributed by atoms with van der Waals surface area (Å²) in [7, 11) is 0. The van der Waals surface area contributed by atoms with Gasteiger partial charge in [-0.05, 0) is 66.4 Å². The molecule has 1 aliphatic rings. The highest BCUT2D eigenvalue weighted by atomic mass is 32.1. The minimum atomic E-state index is -0.471. The second-order valence-electron chi connectivity index (χ2n) is 6.96. The van der Waals surface area contributed by atoms with Crippen molar-refractivity contribution in [1.82, 2.24) is 19.7 Å². The van der Waals surface area contributed by atoms with Crippen LogP contribution in [0.5, 0.6) is 0 Å². The smallest absolute Gasteiger partial charge is 0.322 e. The van der Waals surface area contributed by atoms with Gasteiger partial charge in [-0.1, -0.05) is 0 Å². The van der Waals surface area contributed by atoms with E-state index in [4.69, 9.17) is 0 Å². The van der Waals surface area contributed by atoms with E-state index in [1.807, 2.05) is 10.3 Å². The van der Waals surface area contributed by atoms with Crippen LogP contribution in [0.4, 0.5) is 16.2 Å². The van der Waals surface area contributed by atoms with Gasteiger partial charge in [-0.15, -0.1) is 0 Å². The molecule has 29 heavy (non-hydrogen) atoms. The maximum Gasteiger partial charge on any atom is 0.322 e. The molecule has 9 heteroatoms. The van der Waals surface area contributed by atoms with E-state index in [-0.39, 0.29) is 18.0 Å². The molecule has 2 atom stereocenters. The monoisotopic (exact) mass is 410 g/mol. The highest BCUT2D eigenvalue weighted by Crippen LogP contribution is 2.33. The molecule has 1 aromatic carbocycles. The number of benzene rings is 1. The predicted octanol–water partition coefficient (Wildman–Crippen LogP) is 3.91. The lowest BCUT2D eigenvalue weighted by atomic mass is 10.1. The minimum absolute atomic E-state index is 0.102. The summed E-state index contributed by atoms with van der Waals surface area (Å²) in [4.78, 5) is 30.8. The summed E-state index contributed by atoms with van der Waals surface area (Å²) in [6, 6.07) is 8.74. The van der Waals surface area contributed by atoms with Crippen molar-refractivity contribution in [3.05, 3.63) is 59.3 Å². The van der Waals surface area contributed by atoms with Crippen molar-refractivity contribution in [2.45, 2.75) is 31.8 Å². The zero-order chi connectivity index (χ0) is 20.2. The van der Waals surface area contributed by atoms with Crippen LogP contribution in [0.15, 0.2) is 53.7 Å². The molecule has 0 saturated carbocycles. The molecule has 2 N–H and O–H groups in total. The van der Waals surface area contributed by atoms with Crippen LogP contribution < -0.4 is 10.6 Å². The van der Waals surface area contributed by atoms with Gasteiger partial charge >= 0.3 is 6.03 Å². The lowest BCUT2D eigenvalue weighted by Gasteiger charge is -2.24. The molecule has 1 aliphatic heterocycles. The Morgan fingerprint density at radius 3 is 2.59 bits per heavy atom. The Labute approximate surface area is 172 Å². The molecule has 3 aromatic rings. The molecular weight excluding hydrogens is 388 g/mol. The van der Waals surface area contributed by atoms with E-state index >= 15 is 0 Å². The van der Waals surface area contributed by atoms with Gasteiger partial charge in [0, 0.05) is 17.9 Å². The van der Waals surface area contributed by atoms with Gasteiger partial charge in [0.1, 0.15) is 18.7 Å². The molecule has 8 nitrogen and oxygen atoms in total. The first-order chi connectivity index (χ1) is 14.1. The molecule has 4 rings (SSSR count). The Morgan fingerprint density at radius 2 is 1.93 bits per heavy atom. The van der Waals surface area contributed by atoms with Crippen LogP contribution in [0.3, 0.4) is 0 Å². The Hall–Kier alpha value is -3.20. The first kappa shape index (κ1) is 19.1. The number of thiophene rings is 1. The molecule has 0 radical (unpaired) electrons. The van der Waals surface area contributed by atoms with E-state index in [1.54, 1.807) is 42.5 Å². The molecule has 1 fully saturated rings. The number of urea groups is 1. The zero-order valence-corrected chi connectivity index (χ0v) is 16.8. The molecule has 150 valence electrons. The highest BCUT2D eigenvalue weighted by Gasteiger charge is 2.30. The van der Waals surface area contributed by atoms with Gasteiger partial charge in [0.25, 0.3) is 0 Å². The number of nitrogens with one attached hydrogen (secondary N) is 2. The quantitative estimate of drug-likeness (QED) is 0.667. The number of rotatable bonds is 5. The van der Waals surface area contributed by atoms with E-state index in [0.29, 0.717) is 11.4 Å². The number of nitrogens with zero attached hydrogens (tertiary/aromatic N) is 4. The van der Waals surface area contributed by atoms with Gasteiger partial charge in [-0.25, -0.2) is 14.5 Å². The number of anilines is 2. The third kappa shape index (κ3) is 4.29. The van der Waals surface area contributed by atoms with Crippen LogP contribution in [-0.2, 0) is 4.79 Å². The highest BCUT2D eigenvalue weighted by molar-refractivity contribution is 7.08. The molecule has 1 saturated heterocycles. The first-order valence-electron chi connectivity index (χ1n) is 9.46. The van der Waals surface area contributed by atoms with Crippen LogP contribution in [0.25, 0.3) is 0 Å². The SMILES string of the molecule is C[C@@H](C(=O)Nc1ccc(NC(=O)N2CCC[C@H]2c2ccsc2)cc1)n1cncn1. The van der Waals surface area contributed by atoms with E-state index in [9.17, 15) is 9.59 Å². The molecule has 3 amide bonds. The standard InChI is InChI=1S/C20H22N6O2S/c1-14(26-13-21-12-22-26)19(27)23-16-4-6-17(7-5-16)24-20(28)25-9-2-3-18(25)15-8-10-29-11-15/h4-8,10-14,18H,2-3,9H2,1H3,(H,23,27)(H,24,28)/t14-,18-/m0/s1. The van der Waals surface area contributed by atoms with Gasteiger partial charge in [-0.3, -0.25) is 4.79 Å². The maximum absolute atomic E-state index is 12.7. The van der Waals surface area contributed by atoms with Crippen LogP contribution in [0, 0.1) is 0 Å². The molecule has 0 spiro atoms. The molecule has 3 heterocycles. The Bertz CT molecular complexity index is 956. The fourth-order valence-electron chi connectivity index (χ4n) is 3.44. The van der Waals surface area contributed by atoms with Gasteiger partial charge in [0.05, 0.1) is 6.04 Å². The van der Waals surface area contributed by atoms with E-state index < -0.39 is 6.04 Å². The average Bonchev–Trinajstić information content (AvgIpc) is 3.50. The Morgan fingerprint density at radius 1 is 1.17 bits per heavy atom. The van der Waals surface area contributed by atoms with E-state index in [1.165, 1.54) is 22.9 Å². The number of carbonyl (C=O) groups is 2. The summed E-state index contributed by atoms with van der Waals surface area (Å²) in [5.74, 6) is -0.192. The summed E-state index contributed by atoms with van der Waals surface area (Å²) in [6.07, 6.45) is 4.89. The molecule has 0 aliphatic carbocycles. The molecule has 2 aromatic heterocycles. The largest absolute Gasteiger partial charge is 0.324 e. The van der Waals surface area contributed by atoms with Crippen molar-refractivity contribution in [1.29, 1.82) is 0 Å². The van der Waals surface area contributed by atoms with Crippen LogP contribution in [0.1, 0.15) is 37.4 Å². The molecule has 0 unspecified atom stereocenters. The van der Waals surface area contributed by atoms with Crippen LogP contribution in [0.2, 0.25) is 0 Å². The van der Waals surface area contributed by atoms with Crippen LogP contribution >= 0.6 is 11.3 Å². The van der Waals surface area contributed by atoms with E-state index in [2.05, 4.69) is 32.2 Å². The van der Waals surface area contributed by atoms with Crippen LogP contribution in [-0.4, -0.2) is 38.1 Å². The summed E-state index contributed by atoms with van der Waals surface area (Å²) in [5, 5.41) is 13.9. The Kier molecular flexibility index (Phi) is 5.57. The normalized spacial score (nSPS) is 17.1. The predicted molar refractivity (Wildman–Crippen MR) is 112 cm³/mol. The summed E-state index contributed by atoms with van der Waals surface area (Å²) in [6.45, 7) is 2.50. The maximum atomic E-state index is 12.7. The van der Waals surface area contributed by atoms with Crippen molar-refractivity contribution < 1.29 is 9.59 Å². The van der Waals surface area contributed by atoms with Gasteiger partial charge < -0.3 is 15.5 Å². The van der Waals surface area contributed by atoms with Crippen molar-refractivity contribution >= 4 is 34.6 Å². The molecular formula is C20H22N6O2S. The Balaban J connectivity index is 1.35. The number of hydrogen-bond donors (Lipinski definition) is 2. The van der Waals surface area contributed by atoms with Crippen molar-refractivity contribution in [2.75, 3.05) is 17.2 Å². The average molecular weight is 411 g/mol. The minimum Gasteiger partial charge on any atom is -0.324 e. The van der Waals surface area contributed by atoms with Gasteiger partial charge in [-0.2, -0.15) is 16.4 Å². The number of aromatic nitrogens is 3. The lowest BCUT2D eigenvalue weighted by molar-refractivity contribution is -0.119.